The van der Waals surface area contributed by atoms with Gasteiger partial charge in [0.25, 0.3) is 0 Å². The van der Waals surface area contributed by atoms with Crippen molar-refractivity contribution in [1.82, 2.24) is 4.90 Å². The van der Waals surface area contributed by atoms with Crippen molar-refractivity contribution in [3.05, 3.63) is 59.9 Å². The number of halogens is 3. The highest BCUT2D eigenvalue weighted by molar-refractivity contribution is 5.85. The third-order valence-corrected chi connectivity index (χ3v) is 6.37. The van der Waals surface area contributed by atoms with Gasteiger partial charge in [-0.25, -0.2) is 4.39 Å². The number of benzene rings is 2. The maximum Gasteiger partial charge on any atom is 0.123 e. The normalized spacial score (nSPS) is 15.3. The second kappa shape index (κ2) is 14.7. The highest BCUT2D eigenvalue weighted by Gasteiger charge is 2.32. The molecule has 0 radical (unpaired) electrons. The van der Waals surface area contributed by atoms with Crippen LogP contribution >= 0.6 is 24.8 Å². The predicted molar refractivity (Wildman–Crippen MR) is 140 cm³/mol. The van der Waals surface area contributed by atoms with Crippen molar-refractivity contribution in [2.45, 2.75) is 51.0 Å². The molecule has 0 unspecified atom stereocenters. The Morgan fingerprint density at radius 3 is 2.27 bits per heavy atom. The average Bonchev–Trinajstić information content (AvgIpc) is 2.79. The Hall–Kier alpha value is -1.53. The van der Waals surface area contributed by atoms with E-state index >= 15 is 0 Å². The van der Waals surface area contributed by atoms with Crippen LogP contribution in [0.3, 0.4) is 0 Å². The summed E-state index contributed by atoms with van der Waals surface area (Å²) in [5, 5.41) is 11.1. The molecule has 0 aromatic heterocycles. The van der Waals surface area contributed by atoms with Crippen LogP contribution in [0, 0.1) is 5.82 Å². The molecule has 0 atom stereocenters. The molecule has 1 aliphatic heterocycles. The number of hydrogen-bond acceptors (Lipinski definition) is 4. The Bertz CT molecular complexity index is 782. The van der Waals surface area contributed by atoms with E-state index < -0.39 is 5.60 Å². The lowest BCUT2D eigenvalue weighted by Gasteiger charge is -2.39. The Morgan fingerprint density at radius 1 is 1.03 bits per heavy atom. The molecule has 2 aromatic rings. The summed E-state index contributed by atoms with van der Waals surface area (Å²) in [6.45, 7) is 6.51. The quantitative estimate of drug-likeness (QED) is 0.398. The summed E-state index contributed by atoms with van der Waals surface area (Å²) < 4.78 is 18.8. The van der Waals surface area contributed by atoms with Gasteiger partial charge in [-0.05, 0) is 74.1 Å². The van der Waals surface area contributed by atoms with E-state index in [0.29, 0.717) is 0 Å². The fourth-order valence-corrected chi connectivity index (χ4v) is 4.02. The van der Waals surface area contributed by atoms with Gasteiger partial charge >= 0.3 is 0 Å². The zero-order chi connectivity index (χ0) is 22.1. The van der Waals surface area contributed by atoms with Crippen LogP contribution in [0.4, 0.5) is 10.1 Å². The fourth-order valence-electron chi connectivity index (χ4n) is 4.02. The van der Waals surface area contributed by atoms with E-state index in [1.54, 1.807) is 0 Å². The van der Waals surface area contributed by atoms with Crippen LogP contribution in [-0.2, 0) is 6.42 Å². The maximum absolute atomic E-state index is 13.0. The van der Waals surface area contributed by atoms with Crippen LogP contribution in [0.25, 0.3) is 0 Å². The van der Waals surface area contributed by atoms with Gasteiger partial charge in [-0.15, -0.1) is 24.8 Å². The van der Waals surface area contributed by atoms with Crippen molar-refractivity contribution < 1.29 is 14.2 Å². The monoisotopic (exact) mass is 500 g/mol. The fraction of sp³-hybridized carbons (Fsp3) is 0.538. The van der Waals surface area contributed by atoms with Crippen LogP contribution in [0.15, 0.2) is 48.5 Å². The summed E-state index contributed by atoms with van der Waals surface area (Å²) in [6.07, 6.45) is 5.49. The minimum absolute atomic E-state index is 0. The minimum Gasteiger partial charge on any atom is -0.494 e. The lowest BCUT2D eigenvalue weighted by atomic mass is 9.88. The van der Waals surface area contributed by atoms with E-state index in [4.69, 9.17) is 4.74 Å². The Balaban J connectivity index is 0.00000272. The van der Waals surface area contributed by atoms with Gasteiger partial charge in [0.2, 0.25) is 0 Å². The second-order valence-corrected chi connectivity index (χ2v) is 8.81. The van der Waals surface area contributed by atoms with Crippen LogP contribution in [0.5, 0.6) is 5.75 Å². The molecule has 2 aromatic carbocycles. The van der Waals surface area contributed by atoms with Gasteiger partial charge in [0.1, 0.15) is 11.6 Å². The van der Waals surface area contributed by atoms with Gasteiger partial charge in [-0.3, -0.25) is 0 Å². The molecule has 0 bridgehead atoms. The van der Waals surface area contributed by atoms with Crippen molar-refractivity contribution in [3.8, 4) is 5.75 Å². The molecule has 1 heterocycles. The Kier molecular flexibility index (Phi) is 13.1. The highest BCUT2D eigenvalue weighted by atomic mass is 35.5. The lowest BCUT2D eigenvalue weighted by molar-refractivity contribution is -0.0254. The summed E-state index contributed by atoms with van der Waals surface area (Å²) in [4.78, 5) is 4.60. The van der Waals surface area contributed by atoms with Crippen LogP contribution in [-0.4, -0.2) is 55.4 Å². The number of piperidine rings is 1. The molecule has 4 nitrogen and oxygen atoms in total. The number of hydrogen-bond donors (Lipinski definition) is 1. The smallest absolute Gasteiger partial charge is 0.123 e. The maximum atomic E-state index is 13.0. The molecule has 1 fully saturated rings. The van der Waals surface area contributed by atoms with Crippen molar-refractivity contribution in [2.75, 3.05) is 44.7 Å². The molecule has 186 valence electrons. The van der Waals surface area contributed by atoms with E-state index in [-0.39, 0.29) is 30.6 Å². The van der Waals surface area contributed by atoms with Crippen LogP contribution in [0.1, 0.15) is 44.6 Å². The first-order valence-corrected chi connectivity index (χ1v) is 11.6. The van der Waals surface area contributed by atoms with Crippen molar-refractivity contribution in [1.29, 1.82) is 0 Å². The van der Waals surface area contributed by atoms with Crippen molar-refractivity contribution in [2.24, 2.45) is 0 Å². The second-order valence-electron chi connectivity index (χ2n) is 8.81. The molecular formula is C26H39Cl2FN2O2. The van der Waals surface area contributed by atoms with Crippen LogP contribution in [0.2, 0.25) is 0 Å². The molecule has 7 heteroatoms. The van der Waals surface area contributed by atoms with Gasteiger partial charge in [0.15, 0.2) is 0 Å². The molecule has 0 aliphatic carbocycles. The minimum atomic E-state index is -0.593. The molecule has 33 heavy (non-hydrogen) atoms. The number of ether oxygens (including phenoxy) is 1. The van der Waals surface area contributed by atoms with Gasteiger partial charge in [0, 0.05) is 38.9 Å². The number of likely N-dealkylation sites (tertiary alicyclic amines) is 1. The molecule has 0 spiro atoms. The van der Waals surface area contributed by atoms with Gasteiger partial charge in [-0.1, -0.05) is 25.5 Å². The zero-order valence-corrected chi connectivity index (χ0v) is 21.5. The lowest BCUT2D eigenvalue weighted by Crippen LogP contribution is -2.46. The summed E-state index contributed by atoms with van der Waals surface area (Å²) in [6, 6.07) is 15.0. The molecule has 1 aliphatic rings. The average molecular weight is 502 g/mol. The Morgan fingerprint density at radius 2 is 1.67 bits per heavy atom. The molecule has 0 amide bonds. The van der Waals surface area contributed by atoms with E-state index in [1.165, 1.54) is 12.1 Å². The summed E-state index contributed by atoms with van der Waals surface area (Å²) >= 11 is 0. The summed E-state index contributed by atoms with van der Waals surface area (Å²) in [7, 11) is 2.08. The van der Waals surface area contributed by atoms with Crippen molar-refractivity contribution in [3.63, 3.8) is 0 Å². The molecule has 0 saturated carbocycles. The molecule has 1 N–H and O–H groups in total. The topological polar surface area (TPSA) is 35.9 Å². The third kappa shape index (κ3) is 9.70. The first-order valence-electron chi connectivity index (χ1n) is 11.6. The number of unbranched alkanes of at least 4 members (excludes halogenated alkanes) is 1. The Labute approximate surface area is 210 Å². The zero-order valence-electron chi connectivity index (χ0n) is 19.8. The van der Waals surface area contributed by atoms with Gasteiger partial charge in [0.05, 0.1) is 12.2 Å². The van der Waals surface area contributed by atoms with E-state index in [9.17, 15) is 9.50 Å². The van der Waals surface area contributed by atoms with Gasteiger partial charge in [-0.2, -0.15) is 0 Å². The number of aliphatic hydroxyl groups is 1. The molecule has 3 rings (SSSR count). The number of anilines is 1. The molecule has 1 saturated heterocycles. The first-order chi connectivity index (χ1) is 15.0. The van der Waals surface area contributed by atoms with Crippen molar-refractivity contribution >= 4 is 30.5 Å². The van der Waals surface area contributed by atoms with Crippen LogP contribution < -0.4 is 9.64 Å². The number of nitrogens with zero attached hydrogens (tertiary/aromatic N) is 2. The largest absolute Gasteiger partial charge is 0.494 e. The van der Waals surface area contributed by atoms with E-state index in [0.717, 1.165) is 88.3 Å². The standard InChI is InChI=1S/C26H37FN2O2.2ClH/c1-3-4-21-31-25-11-9-24(10-12-25)28(2)18-14-26(30)15-19-29(20-16-26)17-13-22-5-7-23(27)8-6-22;;/h5-12,30H,3-4,13-21H2,1-2H3;2*1H. The molecular weight excluding hydrogens is 462 g/mol. The predicted octanol–water partition coefficient (Wildman–Crippen LogP) is 5.74. The third-order valence-electron chi connectivity index (χ3n) is 6.37. The SMILES string of the molecule is CCCCOc1ccc(N(C)CCC2(O)CCN(CCc3ccc(F)cc3)CC2)cc1.Cl.Cl. The van der Waals surface area contributed by atoms with E-state index in [1.807, 2.05) is 24.3 Å². The summed E-state index contributed by atoms with van der Waals surface area (Å²) in [5.74, 6) is 0.727. The summed E-state index contributed by atoms with van der Waals surface area (Å²) in [5.41, 5.74) is 1.71. The van der Waals surface area contributed by atoms with Gasteiger partial charge < -0.3 is 19.6 Å². The first kappa shape index (κ1) is 29.5. The number of rotatable bonds is 11. The van der Waals surface area contributed by atoms with E-state index in [2.05, 4.69) is 35.9 Å². The highest BCUT2D eigenvalue weighted by Crippen LogP contribution is 2.27.